The molecule has 0 aliphatic carbocycles. The molecule has 0 aliphatic heterocycles. The van der Waals surface area contributed by atoms with Gasteiger partial charge >= 0.3 is 0 Å². The topological polar surface area (TPSA) is 15.8 Å². The summed E-state index contributed by atoms with van der Waals surface area (Å²) < 4.78 is 0. The van der Waals surface area contributed by atoms with Crippen LogP contribution in [0.2, 0.25) is 0 Å². The van der Waals surface area contributed by atoms with Crippen molar-refractivity contribution in [2.24, 2.45) is 0 Å². The first-order valence-corrected chi connectivity index (χ1v) is 4.88. The molecule has 1 unspecified atom stereocenters. The van der Waals surface area contributed by atoms with Crippen LogP contribution in [0.5, 0.6) is 0 Å². The molecule has 1 aromatic carbocycles. The standard InChI is InChI=1S/C12H15N/c1-3-9(2)11-5-4-10-6-7-13-12(10)8-11/h4-9,13H,3H2,1-2H3. The number of H-pyrrole nitrogens is 1. The zero-order valence-electron chi connectivity index (χ0n) is 8.17. The highest BCUT2D eigenvalue weighted by Gasteiger charge is 2.03. The minimum atomic E-state index is 0.660. The van der Waals surface area contributed by atoms with E-state index in [-0.39, 0.29) is 0 Å². The molecule has 0 radical (unpaired) electrons. The highest BCUT2D eigenvalue weighted by molar-refractivity contribution is 5.79. The van der Waals surface area contributed by atoms with E-state index in [0.717, 1.165) is 0 Å². The Kier molecular flexibility index (Phi) is 2.09. The van der Waals surface area contributed by atoms with Crippen molar-refractivity contribution >= 4 is 10.9 Å². The van der Waals surface area contributed by atoms with Crippen LogP contribution in [0.3, 0.4) is 0 Å². The Balaban J connectivity index is 2.48. The zero-order valence-corrected chi connectivity index (χ0v) is 8.17. The maximum absolute atomic E-state index is 3.24. The summed E-state index contributed by atoms with van der Waals surface area (Å²) >= 11 is 0. The number of aromatic nitrogens is 1. The van der Waals surface area contributed by atoms with E-state index >= 15 is 0 Å². The summed E-state index contributed by atoms with van der Waals surface area (Å²) in [7, 11) is 0. The summed E-state index contributed by atoms with van der Waals surface area (Å²) in [5.41, 5.74) is 2.68. The fourth-order valence-corrected chi connectivity index (χ4v) is 1.61. The van der Waals surface area contributed by atoms with Crippen molar-refractivity contribution in [2.45, 2.75) is 26.2 Å². The second-order valence-corrected chi connectivity index (χ2v) is 3.63. The number of rotatable bonds is 2. The lowest BCUT2D eigenvalue weighted by atomic mass is 9.98. The number of nitrogens with one attached hydrogen (secondary N) is 1. The molecule has 1 N–H and O–H groups in total. The predicted molar refractivity (Wildman–Crippen MR) is 57.0 cm³/mol. The molecule has 2 aromatic rings. The highest BCUT2D eigenvalue weighted by Crippen LogP contribution is 2.22. The van der Waals surface area contributed by atoms with Crippen molar-refractivity contribution < 1.29 is 0 Å². The minimum Gasteiger partial charge on any atom is -0.361 e. The summed E-state index contributed by atoms with van der Waals surface area (Å²) in [5, 5.41) is 1.30. The number of aromatic amines is 1. The quantitative estimate of drug-likeness (QED) is 0.713. The van der Waals surface area contributed by atoms with Crippen molar-refractivity contribution in [3.8, 4) is 0 Å². The first-order valence-electron chi connectivity index (χ1n) is 4.88. The van der Waals surface area contributed by atoms with Gasteiger partial charge < -0.3 is 4.98 Å². The second-order valence-electron chi connectivity index (χ2n) is 3.63. The third-order valence-corrected chi connectivity index (χ3v) is 2.76. The first kappa shape index (κ1) is 8.36. The second kappa shape index (κ2) is 3.25. The van der Waals surface area contributed by atoms with Gasteiger partial charge in [0.2, 0.25) is 0 Å². The van der Waals surface area contributed by atoms with Crippen LogP contribution < -0.4 is 0 Å². The normalized spacial score (nSPS) is 13.4. The van der Waals surface area contributed by atoms with Crippen molar-refractivity contribution in [3.63, 3.8) is 0 Å². The molecule has 0 aliphatic rings. The van der Waals surface area contributed by atoms with Crippen molar-refractivity contribution in [3.05, 3.63) is 36.0 Å². The lowest BCUT2D eigenvalue weighted by molar-refractivity contribution is 0.734. The Bertz CT molecular complexity index is 400. The molecule has 1 atom stereocenters. The number of hydrogen-bond acceptors (Lipinski definition) is 0. The van der Waals surface area contributed by atoms with E-state index in [0.29, 0.717) is 5.92 Å². The van der Waals surface area contributed by atoms with Crippen molar-refractivity contribution in [2.75, 3.05) is 0 Å². The fraction of sp³-hybridized carbons (Fsp3) is 0.333. The smallest absolute Gasteiger partial charge is 0.0456 e. The van der Waals surface area contributed by atoms with Crippen LogP contribution in [0.4, 0.5) is 0 Å². The van der Waals surface area contributed by atoms with Gasteiger partial charge in [-0.25, -0.2) is 0 Å². The molecule has 1 nitrogen and oxygen atoms in total. The average Bonchev–Trinajstić information content (AvgIpc) is 2.63. The van der Waals surface area contributed by atoms with E-state index < -0.39 is 0 Å². The zero-order chi connectivity index (χ0) is 9.26. The molecule has 0 saturated heterocycles. The number of benzene rings is 1. The van der Waals surface area contributed by atoms with E-state index in [2.05, 4.69) is 43.1 Å². The van der Waals surface area contributed by atoms with Crippen LogP contribution >= 0.6 is 0 Å². The number of fused-ring (bicyclic) bond motifs is 1. The molecule has 1 aromatic heterocycles. The lowest BCUT2D eigenvalue weighted by Gasteiger charge is -2.08. The summed E-state index contributed by atoms with van der Waals surface area (Å²) in [6.07, 6.45) is 3.19. The Hall–Kier alpha value is -1.24. The molecule has 0 saturated carbocycles. The first-order chi connectivity index (χ1) is 6.31. The van der Waals surface area contributed by atoms with E-state index in [4.69, 9.17) is 0 Å². The Labute approximate surface area is 78.8 Å². The molecule has 0 spiro atoms. The molecule has 0 bridgehead atoms. The van der Waals surface area contributed by atoms with Gasteiger partial charge in [0.1, 0.15) is 0 Å². The van der Waals surface area contributed by atoms with Gasteiger partial charge in [-0.2, -0.15) is 0 Å². The van der Waals surface area contributed by atoms with Crippen LogP contribution in [0.25, 0.3) is 10.9 Å². The van der Waals surface area contributed by atoms with Crippen LogP contribution in [-0.2, 0) is 0 Å². The molecular formula is C12H15N. The molecule has 13 heavy (non-hydrogen) atoms. The minimum absolute atomic E-state index is 0.660. The molecular weight excluding hydrogens is 158 g/mol. The highest BCUT2D eigenvalue weighted by atomic mass is 14.7. The Morgan fingerprint density at radius 3 is 2.92 bits per heavy atom. The molecule has 1 heteroatoms. The maximum Gasteiger partial charge on any atom is 0.0456 e. The van der Waals surface area contributed by atoms with E-state index in [9.17, 15) is 0 Å². The average molecular weight is 173 g/mol. The van der Waals surface area contributed by atoms with E-state index in [1.54, 1.807) is 0 Å². The largest absolute Gasteiger partial charge is 0.361 e. The molecule has 0 amide bonds. The van der Waals surface area contributed by atoms with Crippen LogP contribution in [-0.4, -0.2) is 4.98 Å². The van der Waals surface area contributed by atoms with Gasteiger partial charge in [-0.3, -0.25) is 0 Å². The van der Waals surface area contributed by atoms with Crippen molar-refractivity contribution in [1.29, 1.82) is 0 Å². The van der Waals surface area contributed by atoms with Crippen molar-refractivity contribution in [1.82, 2.24) is 4.98 Å². The van der Waals surface area contributed by atoms with E-state index in [1.807, 2.05) is 6.20 Å². The van der Waals surface area contributed by atoms with Crippen LogP contribution in [0.1, 0.15) is 31.7 Å². The molecule has 2 rings (SSSR count). The lowest BCUT2D eigenvalue weighted by Crippen LogP contribution is -1.90. The van der Waals surface area contributed by atoms with E-state index in [1.165, 1.54) is 22.9 Å². The van der Waals surface area contributed by atoms with Gasteiger partial charge in [0.15, 0.2) is 0 Å². The SMILES string of the molecule is CCC(C)c1ccc2cc[nH]c2c1. The van der Waals surface area contributed by atoms with Gasteiger partial charge in [-0.05, 0) is 35.4 Å². The molecule has 68 valence electrons. The van der Waals surface area contributed by atoms with Gasteiger partial charge in [-0.1, -0.05) is 26.0 Å². The third-order valence-electron chi connectivity index (χ3n) is 2.76. The van der Waals surface area contributed by atoms with Gasteiger partial charge in [0.25, 0.3) is 0 Å². The van der Waals surface area contributed by atoms with Crippen LogP contribution in [0, 0.1) is 0 Å². The number of hydrogen-bond donors (Lipinski definition) is 1. The van der Waals surface area contributed by atoms with Gasteiger partial charge in [0.05, 0.1) is 0 Å². The molecule has 0 fully saturated rings. The monoisotopic (exact) mass is 173 g/mol. The summed E-state index contributed by atoms with van der Waals surface area (Å²) in [6.45, 7) is 4.49. The summed E-state index contributed by atoms with van der Waals surface area (Å²) in [4.78, 5) is 3.24. The van der Waals surface area contributed by atoms with Gasteiger partial charge in [0, 0.05) is 11.7 Å². The molecule has 1 heterocycles. The predicted octanol–water partition coefficient (Wildman–Crippen LogP) is 3.68. The van der Waals surface area contributed by atoms with Crippen LogP contribution in [0.15, 0.2) is 30.5 Å². The third kappa shape index (κ3) is 1.46. The fourth-order valence-electron chi connectivity index (χ4n) is 1.61. The summed E-state index contributed by atoms with van der Waals surface area (Å²) in [5.74, 6) is 0.660. The maximum atomic E-state index is 3.24. The summed E-state index contributed by atoms with van der Waals surface area (Å²) in [6, 6.07) is 8.77. The Morgan fingerprint density at radius 1 is 1.31 bits per heavy atom. The Morgan fingerprint density at radius 2 is 2.15 bits per heavy atom. The van der Waals surface area contributed by atoms with Gasteiger partial charge in [-0.15, -0.1) is 0 Å².